The predicted octanol–water partition coefficient (Wildman–Crippen LogP) is 20.3. The fourth-order valence-corrected chi connectivity index (χ4v) is 11.3. The Kier molecular flexibility index (Phi) is 13.8. The molecule has 0 saturated carbocycles. The molecule has 0 saturated heterocycles. The number of para-hydroxylation sites is 1. The van der Waals surface area contributed by atoms with Gasteiger partial charge in [-0.25, -0.2) is 0 Å². The van der Waals surface area contributed by atoms with E-state index in [-0.39, 0.29) is 0 Å². The summed E-state index contributed by atoms with van der Waals surface area (Å²) >= 11 is 0. The molecule has 0 aliphatic carbocycles. The van der Waals surface area contributed by atoms with Crippen molar-refractivity contribution >= 4 is 45.5 Å². The maximum atomic E-state index is 5.20. The predicted molar refractivity (Wildman–Crippen MR) is 328 cm³/mol. The van der Waals surface area contributed by atoms with Gasteiger partial charge in [0, 0.05) is 39.8 Å². The molecule has 376 valence electrons. The summed E-state index contributed by atoms with van der Waals surface area (Å²) in [5, 5.41) is 0. The van der Waals surface area contributed by atoms with Crippen molar-refractivity contribution in [2.24, 2.45) is 0 Å². The van der Waals surface area contributed by atoms with E-state index in [0.29, 0.717) is 0 Å². The van der Waals surface area contributed by atoms with Crippen LogP contribution in [-0.2, 0) is 5.41 Å². The van der Waals surface area contributed by atoms with E-state index < -0.39 is 5.41 Å². The minimum absolute atomic E-state index is 0.824. The zero-order chi connectivity index (χ0) is 53.2. The average Bonchev–Trinajstić information content (AvgIpc) is 3.63. The lowest BCUT2D eigenvalue weighted by molar-refractivity contribution is 0.731. The minimum atomic E-state index is -0.824. The highest BCUT2D eigenvalue weighted by Crippen LogP contribution is 2.58. The van der Waals surface area contributed by atoms with Gasteiger partial charge in [0.05, 0.1) is 16.8 Å². The van der Waals surface area contributed by atoms with Gasteiger partial charge in [0.15, 0.2) is 0 Å². The lowest BCUT2D eigenvalue weighted by Crippen LogP contribution is -2.38. The molecular weight excluding hydrogens is 931 g/mol. The summed E-state index contributed by atoms with van der Waals surface area (Å²) in [5.41, 5.74) is 25.4. The molecule has 10 aromatic carbocycles. The van der Waals surface area contributed by atoms with Crippen molar-refractivity contribution in [2.75, 3.05) is 14.7 Å². The van der Waals surface area contributed by atoms with Crippen LogP contribution in [0.3, 0.4) is 0 Å². The summed E-state index contributed by atoms with van der Waals surface area (Å²) < 4.78 is 0. The van der Waals surface area contributed by atoms with E-state index in [1.807, 2.05) is 0 Å². The van der Waals surface area contributed by atoms with Crippen LogP contribution in [0.4, 0.5) is 45.5 Å². The van der Waals surface area contributed by atoms with Crippen LogP contribution in [0, 0.1) is 41.5 Å². The molecule has 0 fully saturated rings. The summed E-state index contributed by atoms with van der Waals surface area (Å²) in [4.78, 5) is 7.23. The van der Waals surface area contributed by atoms with Crippen molar-refractivity contribution < 1.29 is 0 Å². The number of hydrogen-bond acceptors (Lipinski definition) is 3. The van der Waals surface area contributed by atoms with Crippen LogP contribution in [0.25, 0.3) is 22.3 Å². The number of fused-ring (bicyclic) bond motifs is 2. The van der Waals surface area contributed by atoms with Gasteiger partial charge in [0.2, 0.25) is 0 Å². The van der Waals surface area contributed by atoms with Crippen molar-refractivity contribution in [3.05, 3.63) is 323 Å². The molecule has 0 spiro atoms. The summed E-state index contributed by atoms with van der Waals surface area (Å²) in [7, 11) is 0. The average molecular weight is 996 g/mol. The van der Waals surface area contributed by atoms with Gasteiger partial charge in [0.25, 0.3) is 0 Å². The van der Waals surface area contributed by atoms with Crippen molar-refractivity contribution in [1.29, 1.82) is 0 Å². The maximum absolute atomic E-state index is 5.20. The van der Waals surface area contributed by atoms with E-state index in [1.54, 1.807) is 0 Å². The van der Waals surface area contributed by atoms with E-state index in [9.17, 15) is 0 Å². The van der Waals surface area contributed by atoms with E-state index in [4.69, 9.17) is 6.58 Å². The highest BCUT2D eigenvalue weighted by Gasteiger charge is 2.46. The molecule has 0 bridgehead atoms. The third-order valence-corrected chi connectivity index (χ3v) is 15.4. The molecule has 1 unspecified atom stereocenters. The van der Waals surface area contributed by atoms with Crippen LogP contribution in [0.15, 0.2) is 273 Å². The van der Waals surface area contributed by atoms with Gasteiger partial charge in [-0.1, -0.05) is 194 Å². The maximum Gasteiger partial charge on any atom is 0.0736 e. The number of allylic oxidation sites excluding steroid dienone is 4. The van der Waals surface area contributed by atoms with E-state index in [0.717, 1.165) is 67.9 Å². The molecule has 0 aromatic heterocycles. The Morgan fingerprint density at radius 1 is 0.416 bits per heavy atom. The van der Waals surface area contributed by atoms with Gasteiger partial charge in [-0.15, -0.1) is 0 Å². The van der Waals surface area contributed by atoms with Gasteiger partial charge in [-0.2, -0.15) is 0 Å². The first-order valence-electron chi connectivity index (χ1n) is 26.8. The van der Waals surface area contributed by atoms with Gasteiger partial charge in [-0.05, 0) is 194 Å². The second-order valence-electron chi connectivity index (χ2n) is 20.7. The summed E-state index contributed by atoms with van der Waals surface area (Å²) in [5.74, 6) is 0. The highest BCUT2D eigenvalue weighted by molar-refractivity contribution is 5.90. The Morgan fingerprint density at radius 2 is 0.883 bits per heavy atom. The largest absolute Gasteiger partial charge is 0.311 e. The minimum Gasteiger partial charge on any atom is -0.311 e. The SMILES string of the molecule is C=C(/C=C\C(=C/C)N(c1ccc(-c2ccccc2)cc1)c1cc(C)ccc1C)C1(c2ccc(N(c3ccc(-c4ccccc4)cc3)c3cc(C)ccc3C)cc2)c2ccccc2N(c2ccc(C)cc2)c2ccc(C)cc21. The molecule has 1 aliphatic rings. The Balaban J connectivity index is 1.09. The molecular formula is C74H65N3. The Hall–Kier alpha value is -9.18. The zero-order valence-electron chi connectivity index (χ0n) is 45.3. The topological polar surface area (TPSA) is 9.72 Å². The number of aryl methyl sites for hydroxylation is 6. The third kappa shape index (κ3) is 9.51. The number of hydrogen-bond donors (Lipinski definition) is 0. The van der Waals surface area contributed by atoms with Crippen LogP contribution in [0.1, 0.15) is 57.0 Å². The zero-order valence-corrected chi connectivity index (χ0v) is 45.3. The van der Waals surface area contributed by atoms with E-state index in [2.05, 4.69) is 318 Å². The van der Waals surface area contributed by atoms with Gasteiger partial charge in [-0.3, -0.25) is 0 Å². The van der Waals surface area contributed by atoms with Crippen LogP contribution in [-0.4, -0.2) is 0 Å². The fourth-order valence-electron chi connectivity index (χ4n) is 11.3. The van der Waals surface area contributed by atoms with Gasteiger partial charge >= 0.3 is 0 Å². The molecule has 0 amide bonds. The highest BCUT2D eigenvalue weighted by atomic mass is 15.2. The third-order valence-electron chi connectivity index (χ3n) is 15.4. The number of rotatable bonds is 13. The first-order valence-corrected chi connectivity index (χ1v) is 26.8. The second kappa shape index (κ2) is 21.2. The first kappa shape index (κ1) is 50.0. The molecule has 0 N–H and O–H groups in total. The normalized spacial score (nSPS) is 14.0. The summed E-state index contributed by atoms with van der Waals surface area (Å²) in [6.45, 7) is 20.4. The van der Waals surface area contributed by atoms with E-state index >= 15 is 0 Å². The van der Waals surface area contributed by atoms with Crippen LogP contribution >= 0.6 is 0 Å². The smallest absolute Gasteiger partial charge is 0.0736 e. The Bertz CT molecular complexity index is 3810. The summed E-state index contributed by atoms with van der Waals surface area (Å²) in [6.07, 6.45) is 6.77. The van der Waals surface area contributed by atoms with Crippen molar-refractivity contribution in [2.45, 2.75) is 53.9 Å². The number of nitrogens with zero attached hydrogens (tertiary/aromatic N) is 3. The fraction of sp³-hybridized carbons (Fsp3) is 0.108. The molecule has 1 heterocycles. The molecule has 1 aliphatic heterocycles. The van der Waals surface area contributed by atoms with Crippen LogP contribution in [0.5, 0.6) is 0 Å². The van der Waals surface area contributed by atoms with Crippen LogP contribution in [0.2, 0.25) is 0 Å². The quantitative estimate of drug-likeness (QED) is 0.107. The second-order valence-corrected chi connectivity index (χ2v) is 20.7. The summed E-state index contributed by atoms with van der Waals surface area (Å²) in [6, 6.07) is 86.7. The molecule has 11 rings (SSSR count). The Labute approximate surface area is 456 Å². The van der Waals surface area contributed by atoms with Crippen molar-refractivity contribution in [3.63, 3.8) is 0 Å². The number of anilines is 8. The van der Waals surface area contributed by atoms with E-state index in [1.165, 1.54) is 61.2 Å². The van der Waals surface area contributed by atoms with Gasteiger partial charge < -0.3 is 14.7 Å². The van der Waals surface area contributed by atoms with Crippen LogP contribution < -0.4 is 14.7 Å². The monoisotopic (exact) mass is 996 g/mol. The van der Waals surface area contributed by atoms with Crippen molar-refractivity contribution in [1.82, 2.24) is 0 Å². The first-order chi connectivity index (χ1) is 37.5. The molecule has 3 heteroatoms. The molecule has 0 radical (unpaired) electrons. The lowest BCUT2D eigenvalue weighted by atomic mass is 9.62. The molecule has 77 heavy (non-hydrogen) atoms. The molecule has 1 atom stereocenters. The van der Waals surface area contributed by atoms with Crippen molar-refractivity contribution in [3.8, 4) is 22.3 Å². The lowest BCUT2D eigenvalue weighted by Gasteiger charge is -2.47. The molecule has 3 nitrogen and oxygen atoms in total. The van der Waals surface area contributed by atoms with Gasteiger partial charge in [0.1, 0.15) is 0 Å². The Morgan fingerprint density at radius 3 is 1.48 bits per heavy atom. The number of benzene rings is 10. The molecule has 10 aromatic rings. The standard InChI is InChI=1S/C74H65N3/c1-9-63(75(72-49-53(4)24-29-55(72)6)64-41-32-60(33-42-64)58-18-12-10-13-19-58)40-31-57(8)74(68-22-16-17-23-70(68)77(67-38-26-51(2)27-39-67)71-47-28-52(3)48-69(71)74)62-36-45-66(46-37-62)76(73-50-54(5)25-30-56(73)7)65-43-34-61(35-44-65)59-20-14-11-15-21-59/h9-50H,8H2,1-7H3/b40-31-,63-9+.